The highest BCUT2D eigenvalue weighted by Crippen LogP contribution is 2.62. The maximum atomic E-state index is 10.7. The molecule has 0 aromatic rings. The summed E-state index contributed by atoms with van der Waals surface area (Å²) in [5, 5.41) is 10.7. The van der Waals surface area contributed by atoms with E-state index in [0.29, 0.717) is 5.92 Å². The van der Waals surface area contributed by atoms with Crippen LogP contribution in [0.3, 0.4) is 0 Å². The van der Waals surface area contributed by atoms with Crippen molar-refractivity contribution in [3.05, 3.63) is 0 Å². The first kappa shape index (κ1) is 22.9. The smallest absolute Gasteiger partial charge is 0.0571 e. The molecular weight excluding hydrogens is 424 g/mol. The van der Waals surface area contributed by atoms with Crippen LogP contribution in [0.25, 0.3) is 0 Å². The maximum Gasteiger partial charge on any atom is 0.0571 e. The molecule has 8 aliphatic carbocycles. The molecule has 0 aromatic carbocycles. The number of hydrogen-bond acceptors (Lipinski definition) is 1. The average molecular weight is 479 g/mol. The summed E-state index contributed by atoms with van der Waals surface area (Å²) in [6, 6.07) is 0. The van der Waals surface area contributed by atoms with E-state index in [1.54, 1.807) is 89.9 Å². The van der Waals surface area contributed by atoms with Crippen molar-refractivity contribution < 1.29 is 5.11 Å². The fourth-order valence-electron chi connectivity index (χ4n) is 13.3. The van der Waals surface area contributed by atoms with Crippen molar-refractivity contribution in [3.63, 3.8) is 0 Å². The Morgan fingerprint density at radius 1 is 0.286 bits per heavy atom. The summed E-state index contributed by atoms with van der Waals surface area (Å²) in [4.78, 5) is 0. The van der Waals surface area contributed by atoms with Gasteiger partial charge in [0.1, 0.15) is 0 Å². The minimum absolute atomic E-state index is 0.0391. The van der Waals surface area contributed by atoms with E-state index < -0.39 is 0 Å². The summed E-state index contributed by atoms with van der Waals surface area (Å²) >= 11 is 0. The fraction of sp³-hybridized carbons (Fsp3) is 1.00. The second kappa shape index (κ2) is 9.02. The predicted molar refractivity (Wildman–Crippen MR) is 143 cm³/mol. The fourth-order valence-corrected chi connectivity index (χ4v) is 13.3. The second-order valence-electron chi connectivity index (χ2n) is 16.2. The molecular formula is C34H54O. The summed E-state index contributed by atoms with van der Waals surface area (Å²) < 4.78 is 0. The van der Waals surface area contributed by atoms with E-state index in [1.165, 1.54) is 25.7 Å². The molecule has 1 nitrogen and oxygen atoms in total. The SMILES string of the molecule is OC1CCCC2CC3CC4CC5CC6CC7CC8CCCCC8CC7CC6CC5CC4CC3CC12. The molecule has 0 saturated heterocycles. The first-order valence-corrected chi connectivity index (χ1v) is 16.9. The maximum absolute atomic E-state index is 10.7. The van der Waals surface area contributed by atoms with E-state index in [-0.39, 0.29) is 6.10 Å². The van der Waals surface area contributed by atoms with Crippen LogP contribution in [-0.2, 0) is 0 Å². The summed E-state index contributed by atoms with van der Waals surface area (Å²) in [6.45, 7) is 0. The Morgan fingerprint density at radius 2 is 0.600 bits per heavy atom. The lowest BCUT2D eigenvalue weighted by Gasteiger charge is -2.57. The zero-order valence-corrected chi connectivity index (χ0v) is 22.5. The number of hydrogen-bond donors (Lipinski definition) is 1. The third-order valence-electron chi connectivity index (χ3n) is 14.8. The molecule has 15 unspecified atom stereocenters. The van der Waals surface area contributed by atoms with E-state index in [4.69, 9.17) is 0 Å². The van der Waals surface area contributed by atoms with Gasteiger partial charge in [0.2, 0.25) is 0 Å². The van der Waals surface area contributed by atoms with Crippen molar-refractivity contribution in [1.82, 2.24) is 0 Å². The van der Waals surface area contributed by atoms with Gasteiger partial charge in [0.25, 0.3) is 0 Å². The lowest BCUT2D eigenvalue weighted by Crippen LogP contribution is -2.49. The molecule has 8 rings (SSSR count). The zero-order valence-electron chi connectivity index (χ0n) is 22.5. The van der Waals surface area contributed by atoms with Crippen molar-refractivity contribution >= 4 is 0 Å². The standard InChI is InChI=1S/C34H54O/c35-34-7-3-6-22-10-25-13-28-16-29-14-26-11-23-8-20-4-1-2-5-21(20)9-24(23)12-27(26)15-30(29)17-31(28)18-32(25)19-33(22)34/h20-35H,1-19H2. The largest absolute Gasteiger partial charge is 0.393 e. The quantitative estimate of drug-likeness (QED) is 0.370. The molecule has 0 bridgehead atoms. The van der Waals surface area contributed by atoms with Crippen molar-refractivity contribution in [2.75, 3.05) is 0 Å². The molecule has 0 amide bonds. The number of rotatable bonds is 0. The predicted octanol–water partition coefficient (Wildman–Crippen LogP) is 8.49. The van der Waals surface area contributed by atoms with Crippen LogP contribution in [-0.4, -0.2) is 11.2 Å². The topological polar surface area (TPSA) is 20.2 Å². The van der Waals surface area contributed by atoms with Crippen LogP contribution in [0, 0.1) is 82.9 Å². The molecule has 35 heavy (non-hydrogen) atoms. The molecule has 1 heteroatoms. The minimum atomic E-state index is 0.0391. The summed E-state index contributed by atoms with van der Waals surface area (Å²) in [7, 11) is 0. The van der Waals surface area contributed by atoms with Crippen LogP contribution < -0.4 is 0 Å². The summed E-state index contributed by atoms with van der Waals surface area (Å²) in [6.07, 6.45) is 29.2. The van der Waals surface area contributed by atoms with Crippen molar-refractivity contribution in [3.8, 4) is 0 Å². The Bertz CT molecular complexity index is 775. The van der Waals surface area contributed by atoms with Crippen LogP contribution in [0.5, 0.6) is 0 Å². The van der Waals surface area contributed by atoms with Gasteiger partial charge in [-0.2, -0.15) is 0 Å². The zero-order chi connectivity index (χ0) is 23.1. The summed E-state index contributed by atoms with van der Waals surface area (Å²) in [5.41, 5.74) is 0. The van der Waals surface area contributed by atoms with Gasteiger partial charge in [-0.1, -0.05) is 32.1 Å². The van der Waals surface area contributed by atoms with Gasteiger partial charge in [-0.3, -0.25) is 0 Å². The number of aliphatic hydroxyl groups is 1. The molecule has 196 valence electrons. The van der Waals surface area contributed by atoms with Crippen LogP contribution in [0.15, 0.2) is 0 Å². The molecule has 1 N–H and O–H groups in total. The van der Waals surface area contributed by atoms with Gasteiger partial charge in [0.05, 0.1) is 6.10 Å². The van der Waals surface area contributed by atoms with Crippen LogP contribution in [0.2, 0.25) is 0 Å². The highest BCUT2D eigenvalue weighted by atomic mass is 16.3. The highest BCUT2D eigenvalue weighted by Gasteiger charge is 2.52. The lowest BCUT2D eigenvalue weighted by molar-refractivity contribution is -0.0837. The Hall–Kier alpha value is -0.0400. The van der Waals surface area contributed by atoms with E-state index in [0.717, 1.165) is 83.4 Å². The Morgan fingerprint density at radius 3 is 1.03 bits per heavy atom. The molecule has 8 fully saturated rings. The monoisotopic (exact) mass is 478 g/mol. The highest BCUT2D eigenvalue weighted by molar-refractivity contribution is 5.02. The second-order valence-corrected chi connectivity index (χ2v) is 16.2. The van der Waals surface area contributed by atoms with E-state index in [2.05, 4.69) is 0 Å². The normalized spacial score (nSPS) is 59.4. The molecule has 15 atom stereocenters. The van der Waals surface area contributed by atoms with Gasteiger partial charge >= 0.3 is 0 Å². The van der Waals surface area contributed by atoms with Gasteiger partial charge in [0, 0.05) is 0 Å². The van der Waals surface area contributed by atoms with Crippen LogP contribution in [0.4, 0.5) is 0 Å². The minimum Gasteiger partial charge on any atom is -0.393 e. The Balaban J connectivity index is 0.934. The van der Waals surface area contributed by atoms with Crippen molar-refractivity contribution in [1.29, 1.82) is 0 Å². The Kier molecular flexibility index (Phi) is 5.90. The van der Waals surface area contributed by atoms with E-state index in [9.17, 15) is 5.11 Å². The van der Waals surface area contributed by atoms with E-state index in [1.807, 2.05) is 0 Å². The molecule has 8 saturated carbocycles. The van der Waals surface area contributed by atoms with Crippen molar-refractivity contribution in [2.24, 2.45) is 82.9 Å². The third kappa shape index (κ3) is 4.01. The summed E-state index contributed by atoms with van der Waals surface area (Å²) in [5.74, 6) is 14.6. The van der Waals surface area contributed by atoms with Gasteiger partial charge in [-0.05, 0) is 173 Å². The van der Waals surface area contributed by atoms with Crippen molar-refractivity contribution in [2.45, 2.75) is 128 Å². The molecule has 0 radical (unpaired) electrons. The van der Waals surface area contributed by atoms with Crippen LogP contribution in [0.1, 0.15) is 122 Å². The number of aliphatic hydroxyl groups excluding tert-OH is 1. The van der Waals surface area contributed by atoms with Gasteiger partial charge < -0.3 is 5.11 Å². The van der Waals surface area contributed by atoms with Gasteiger partial charge in [0.15, 0.2) is 0 Å². The lowest BCUT2D eigenvalue weighted by atomic mass is 9.48. The van der Waals surface area contributed by atoms with Crippen LogP contribution >= 0.6 is 0 Å². The Labute approximate surface area is 216 Å². The molecule has 0 aromatic heterocycles. The van der Waals surface area contributed by atoms with Gasteiger partial charge in [-0.15, -0.1) is 0 Å². The van der Waals surface area contributed by atoms with Gasteiger partial charge in [-0.25, -0.2) is 0 Å². The first-order valence-electron chi connectivity index (χ1n) is 16.9. The molecule has 8 aliphatic rings. The first-order chi connectivity index (χ1) is 17.2. The molecule has 0 heterocycles. The third-order valence-corrected chi connectivity index (χ3v) is 14.8. The average Bonchev–Trinajstić information content (AvgIpc) is 2.86. The molecule has 0 spiro atoms. The van der Waals surface area contributed by atoms with E-state index >= 15 is 0 Å². The number of fused-ring (bicyclic) bond motifs is 7. The molecule has 0 aliphatic heterocycles.